The number of hydrogen-bond acceptors (Lipinski definition) is 4. The molecule has 2 aromatic rings. The maximum atomic E-state index is 9.76. The first-order chi connectivity index (χ1) is 10.2. The van der Waals surface area contributed by atoms with Crippen LogP contribution in [0.5, 0.6) is 17.2 Å². The van der Waals surface area contributed by atoms with E-state index < -0.39 is 0 Å². The number of nitrogens with one attached hydrogen (secondary N) is 1. The van der Waals surface area contributed by atoms with E-state index in [1.54, 1.807) is 12.1 Å². The molecule has 4 heteroatoms. The van der Waals surface area contributed by atoms with Crippen LogP contribution in [-0.2, 0) is 6.54 Å². The Morgan fingerprint density at radius 2 is 2.00 bits per heavy atom. The average Bonchev–Trinajstić information content (AvgIpc) is 2.51. The van der Waals surface area contributed by atoms with Crippen LogP contribution in [0.1, 0.15) is 18.9 Å². The summed E-state index contributed by atoms with van der Waals surface area (Å²) in [6.07, 6.45) is 0.989. The van der Waals surface area contributed by atoms with Crippen LogP contribution >= 0.6 is 0 Å². The zero-order valence-corrected chi connectivity index (χ0v) is 12.4. The highest BCUT2D eigenvalue weighted by Crippen LogP contribution is 2.26. The maximum absolute atomic E-state index is 9.76. The predicted molar refractivity (Wildman–Crippen MR) is 84.2 cm³/mol. The van der Waals surface area contributed by atoms with Gasteiger partial charge in [-0.3, -0.25) is 0 Å². The van der Waals surface area contributed by atoms with Gasteiger partial charge in [0.15, 0.2) is 11.5 Å². The summed E-state index contributed by atoms with van der Waals surface area (Å²) in [4.78, 5) is 0. The molecule has 2 N–H and O–H groups in total. The van der Waals surface area contributed by atoms with Gasteiger partial charge in [0.1, 0.15) is 5.75 Å². The zero-order valence-electron chi connectivity index (χ0n) is 12.4. The average molecular weight is 287 g/mol. The first-order valence-electron chi connectivity index (χ1n) is 7.05. The Balaban J connectivity index is 1.97. The Kier molecular flexibility index (Phi) is 5.32. The lowest BCUT2D eigenvalue weighted by molar-refractivity contribution is 0.317. The summed E-state index contributed by atoms with van der Waals surface area (Å²) in [7, 11) is 1.54. The molecule has 0 saturated heterocycles. The number of ether oxygens (including phenoxy) is 2. The second-order valence-corrected chi connectivity index (χ2v) is 4.74. The lowest BCUT2D eigenvalue weighted by Gasteiger charge is -2.10. The molecule has 21 heavy (non-hydrogen) atoms. The van der Waals surface area contributed by atoms with Crippen molar-refractivity contribution in [3.63, 3.8) is 0 Å². The van der Waals surface area contributed by atoms with E-state index in [0.717, 1.165) is 30.0 Å². The van der Waals surface area contributed by atoms with Crippen molar-refractivity contribution in [3.05, 3.63) is 48.0 Å². The van der Waals surface area contributed by atoms with Gasteiger partial charge in [-0.05, 0) is 36.2 Å². The molecule has 112 valence electrons. The smallest absolute Gasteiger partial charge is 0.160 e. The number of phenols is 1. The van der Waals surface area contributed by atoms with Crippen molar-refractivity contribution in [2.45, 2.75) is 19.9 Å². The maximum Gasteiger partial charge on any atom is 0.160 e. The van der Waals surface area contributed by atoms with Crippen LogP contribution in [0.25, 0.3) is 0 Å². The van der Waals surface area contributed by atoms with E-state index in [9.17, 15) is 5.11 Å². The van der Waals surface area contributed by atoms with Crippen LogP contribution in [0, 0.1) is 0 Å². The van der Waals surface area contributed by atoms with Gasteiger partial charge in [0, 0.05) is 18.3 Å². The quantitative estimate of drug-likeness (QED) is 0.813. The largest absolute Gasteiger partial charge is 0.504 e. The van der Waals surface area contributed by atoms with Gasteiger partial charge in [-0.15, -0.1) is 0 Å². The molecule has 0 bridgehead atoms. The van der Waals surface area contributed by atoms with Gasteiger partial charge >= 0.3 is 0 Å². The number of aromatic hydroxyl groups is 1. The molecule has 0 heterocycles. The molecule has 2 rings (SSSR count). The number of phenolic OH excluding ortho intramolecular Hbond substituents is 1. The summed E-state index contributed by atoms with van der Waals surface area (Å²) < 4.78 is 10.6. The summed E-state index contributed by atoms with van der Waals surface area (Å²) in [6, 6.07) is 13.2. The van der Waals surface area contributed by atoms with E-state index in [4.69, 9.17) is 9.47 Å². The number of rotatable bonds is 7. The van der Waals surface area contributed by atoms with E-state index >= 15 is 0 Å². The Morgan fingerprint density at radius 1 is 1.14 bits per heavy atom. The Hall–Kier alpha value is -2.36. The molecule has 0 atom stereocenters. The predicted octanol–water partition coefficient (Wildman–Crippen LogP) is 3.80. The van der Waals surface area contributed by atoms with Gasteiger partial charge in [-0.25, -0.2) is 0 Å². The topological polar surface area (TPSA) is 50.7 Å². The molecular weight excluding hydrogens is 266 g/mol. The van der Waals surface area contributed by atoms with Gasteiger partial charge in [-0.1, -0.05) is 19.1 Å². The summed E-state index contributed by atoms with van der Waals surface area (Å²) in [5.74, 6) is 1.49. The van der Waals surface area contributed by atoms with Crippen molar-refractivity contribution in [1.29, 1.82) is 0 Å². The zero-order chi connectivity index (χ0) is 15.1. The fourth-order valence-electron chi connectivity index (χ4n) is 1.97. The van der Waals surface area contributed by atoms with Gasteiger partial charge in [0.25, 0.3) is 0 Å². The molecule has 0 aromatic heterocycles. The number of anilines is 1. The minimum Gasteiger partial charge on any atom is -0.504 e. The summed E-state index contributed by atoms with van der Waals surface area (Å²) in [5, 5.41) is 13.1. The second-order valence-electron chi connectivity index (χ2n) is 4.74. The number of benzene rings is 2. The van der Waals surface area contributed by atoms with Gasteiger partial charge < -0.3 is 19.9 Å². The highest BCUT2D eigenvalue weighted by molar-refractivity contribution is 5.49. The Labute approximate surface area is 125 Å². The van der Waals surface area contributed by atoms with Crippen LogP contribution in [-0.4, -0.2) is 18.8 Å². The number of methoxy groups -OCH3 is 1. The summed E-state index contributed by atoms with van der Waals surface area (Å²) >= 11 is 0. The first kappa shape index (κ1) is 15.0. The summed E-state index contributed by atoms with van der Waals surface area (Å²) in [5.41, 5.74) is 1.96. The van der Waals surface area contributed by atoms with Gasteiger partial charge in [0.05, 0.1) is 13.7 Å². The van der Waals surface area contributed by atoms with Crippen LogP contribution < -0.4 is 14.8 Å². The van der Waals surface area contributed by atoms with Gasteiger partial charge in [-0.2, -0.15) is 0 Å². The van der Waals surface area contributed by atoms with E-state index in [0.29, 0.717) is 12.3 Å². The first-order valence-corrected chi connectivity index (χ1v) is 7.05. The van der Waals surface area contributed by atoms with Crippen LogP contribution in [0.4, 0.5) is 5.69 Å². The van der Waals surface area contributed by atoms with Crippen molar-refractivity contribution < 1.29 is 14.6 Å². The van der Waals surface area contributed by atoms with Crippen molar-refractivity contribution in [2.75, 3.05) is 19.0 Å². The van der Waals surface area contributed by atoms with Crippen LogP contribution in [0.3, 0.4) is 0 Å². The third-order valence-electron chi connectivity index (χ3n) is 3.05. The second kappa shape index (κ2) is 7.43. The molecule has 0 aliphatic carbocycles. The molecule has 0 spiro atoms. The number of hydrogen-bond donors (Lipinski definition) is 2. The lowest BCUT2D eigenvalue weighted by atomic mass is 10.2. The fourth-order valence-corrected chi connectivity index (χ4v) is 1.97. The van der Waals surface area contributed by atoms with Crippen molar-refractivity contribution >= 4 is 5.69 Å². The normalized spacial score (nSPS) is 10.2. The fraction of sp³-hybridized carbons (Fsp3) is 0.294. The standard InChI is InChI=1S/C17H21NO3/c1-3-9-21-15-6-4-5-14(11-15)18-12-13-7-8-17(20-2)16(19)10-13/h4-8,10-11,18-19H,3,9,12H2,1-2H3. The molecule has 0 aliphatic rings. The molecular formula is C17H21NO3. The molecule has 0 aliphatic heterocycles. The van der Waals surface area contributed by atoms with E-state index in [-0.39, 0.29) is 5.75 Å². The molecule has 0 fully saturated rings. The van der Waals surface area contributed by atoms with E-state index in [2.05, 4.69) is 12.2 Å². The Bertz CT molecular complexity index is 584. The monoisotopic (exact) mass is 287 g/mol. The van der Waals surface area contributed by atoms with Crippen molar-refractivity contribution in [3.8, 4) is 17.2 Å². The molecule has 4 nitrogen and oxygen atoms in total. The third kappa shape index (κ3) is 4.31. The van der Waals surface area contributed by atoms with Crippen LogP contribution in [0.2, 0.25) is 0 Å². The van der Waals surface area contributed by atoms with E-state index in [1.165, 1.54) is 7.11 Å². The minimum absolute atomic E-state index is 0.150. The molecule has 2 aromatic carbocycles. The highest BCUT2D eigenvalue weighted by Gasteiger charge is 2.03. The summed E-state index contributed by atoms with van der Waals surface area (Å²) in [6.45, 7) is 3.42. The minimum atomic E-state index is 0.150. The van der Waals surface area contributed by atoms with Crippen molar-refractivity contribution in [2.24, 2.45) is 0 Å². The lowest BCUT2D eigenvalue weighted by Crippen LogP contribution is -2.00. The molecule has 0 unspecified atom stereocenters. The SMILES string of the molecule is CCCOc1cccc(NCc2ccc(OC)c(O)c2)c1. The van der Waals surface area contributed by atoms with Crippen molar-refractivity contribution in [1.82, 2.24) is 0 Å². The van der Waals surface area contributed by atoms with Crippen LogP contribution in [0.15, 0.2) is 42.5 Å². The molecule has 0 amide bonds. The third-order valence-corrected chi connectivity index (χ3v) is 3.05. The molecule has 0 saturated carbocycles. The Morgan fingerprint density at radius 3 is 2.71 bits per heavy atom. The molecule has 0 radical (unpaired) electrons. The highest BCUT2D eigenvalue weighted by atomic mass is 16.5. The van der Waals surface area contributed by atoms with Gasteiger partial charge in [0.2, 0.25) is 0 Å². The van der Waals surface area contributed by atoms with E-state index in [1.807, 2.05) is 30.3 Å².